The second kappa shape index (κ2) is 3.20. The first-order chi connectivity index (χ1) is 5.75. The molecule has 0 aromatic carbocycles. The second-order valence-corrected chi connectivity index (χ2v) is 4.72. The molecule has 0 saturated heterocycles. The summed E-state index contributed by atoms with van der Waals surface area (Å²) in [4.78, 5) is 11.5. The minimum atomic E-state index is 0.446. The van der Waals surface area contributed by atoms with Crippen molar-refractivity contribution in [3.63, 3.8) is 0 Å². The van der Waals surface area contributed by atoms with Gasteiger partial charge in [0, 0.05) is 12.3 Å². The lowest BCUT2D eigenvalue weighted by Gasteiger charge is -2.25. The molecular formula is C11H18O. The molecule has 2 aliphatic rings. The molecule has 68 valence electrons. The third-order valence-electron chi connectivity index (χ3n) is 3.34. The molecule has 2 unspecified atom stereocenters. The van der Waals surface area contributed by atoms with E-state index in [0.717, 1.165) is 24.7 Å². The number of hydrogen-bond acceptors (Lipinski definition) is 1. The Morgan fingerprint density at radius 2 is 2.08 bits per heavy atom. The number of carbonyl (C=O) groups excluding carboxylic acids is 1. The minimum absolute atomic E-state index is 0.446. The number of carbonyl (C=O) groups is 1. The van der Waals surface area contributed by atoms with Gasteiger partial charge in [-0.2, -0.15) is 0 Å². The van der Waals surface area contributed by atoms with E-state index in [9.17, 15) is 4.79 Å². The van der Waals surface area contributed by atoms with Gasteiger partial charge in [0.15, 0.2) is 0 Å². The maximum Gasteiger partial charge on any atom is 0.136 e. The van der Waals surface area contributed by atoms with Gasteiger partial charge in [0.05, 0.1) is 0 Å². The fourth-order valence-corrected chi connectivity index (χ4v) is 2.31. The first kappa shape index (κ1) is 8.28. The smallest absolute Gasteiger partial charge is 0.136 e. The zero-order valence-electron chi connectivity index (χ0n) is 7.88. The maximum absolute atomic E-state index is 11.5. The monoisotopic (exact) mass is 166 g/mol. The Balaban J connectivity index is 1.87. The molecule has 2 aliphatic carbocycles. The number of hydrogen-bond donors (Lipinski definition) is 0. The molecular weight excluding hydrogens is 148 g/mol. The lowest BCUT2D eigenvalue weighted by Crippen LogP contribution is -2.23. The number of ketones is 1. The second-order valence-electron chi connectivity index (χ2n) is 4.72. The van der Waals surface area contributed by atoms with Crippen LogP contribution in [-0.4, -0.2) is 5.78 Å². The van der Waals surface area contributed by atoms with Crippen molar-refractivity contribution in [3.8, 4) is 0 Å². The minimum Gasteiger partial charge on any atom is -0.299 e. The molecule has 12 heavy (non-hydrogen) atoms. The average Bonchev–Trinajstić information content (AvgIpc) is 2.81. The normalized spacial score (nSPS) is 36.9. The molecule has 0 aliphatic heterocycles. The molecule has 0 radical (unpaired) electrons. The van der Waals surface area contributed by atoms with Gasteiger partial charge in [0.1, 0.15) is 5.78 Å². The lowest BCUT2D eigenvalue weighted by molar-refractivity contribution is -0.125. The van der Waals surface area contributed by atoms with Crippen LogP contribution in [0.4, 0.5) is 0 Å². The summed E-state index contributed by atoms with van der Waals surface area (Å²) in [6.45, 7) is 2.28. The fourth-order valence-electron chi connectivity index (χ4n) is 2.31. The maximum atomic E-state index is 11.5. The third-order valence-corrected chi connectivity index (χ3v) is 3.34. The Kier molecular flexibility index (Phi) is 2.20. The quantitative estimate of drug-likeness (QED) is 0.616. The summed E-state index contributed by atoms with van der Waals surface area (Å²) < 4.78 is 0. The van der Waals surface area contributed by atoms with E-state index in [1.807, 2.05) is 0 Å². The summed E-state index contributed by atoms with van der Waals surface area (Å²) in [5.74, 6) is 2.72. The Morgan fingerprint density at radius 1 is 1.33 bits per heavy atom. The summed E-state index contributed by atoms with van der Waals surface area (Å²) in [5, 5.41) is 0. The fraction of sp³-hybridized carbons (Fsp3) is 0.909. The van der Waals surface area contributed by atoms with Crippen LogP contribution in [-0.2, 0) is 4.79 Å². The molecule has 0 heterocycles. The zero-order valence-corrected chi connectivity index (χ0v) is 7.88. The van der Waals surface area contributed by atoms with E-state index in [1.54, 1.807) is 0 Å². The SMILES string of the molecule is CC1CCC(=O)C(CC2CC2)C1. The largest absolute Gasteiger partial charge is 0.299 e. The molecule has 0 N–H and O–H groups in total. The van der Waals surface area contributed by atoms with Crippen LogP contribution < -0.4 is 0 Å². The van der Waals surface area contributed by atoms with E-state index < -0.39 is 0 Å². The van der Waals surface area contributed by atoms with Crippen LogP contribution in [0.15, 0.2) is 0 Å². The molecule has 0 aromatic heterocycles. The van der Waals surface area contributed by atoms with E-state index in [-0.39, 0.29) is 0 Å². The Bertz CT molecular complexity index is 179. The van der Waals surface area contributed by atoms with Crippen LogP contribution in [0.25, 0.3) is 0 Å². The summed E-state index contributed by atoms with van der Waals surface area (Å²) in [6.07, 6.45) is 7.16. The number of rotatable bonds is 2. The summed E-state index contributed by atoms with van der Waals surface area (Å²) in [6, 6.07) is 0. The molecule has 1 heteroatoms. The van der Waals surface area contributed by atoms with Crippen molar-refractivity contribution >= 4 is 5.78 Å². The van der Waals surface area contributed by atoms with E-state index >= 15 is 0 Å². The van der Waals surface area contributed by atoms with Crippen LogP contribution >= 0.6 is 0 Å². The molecule has 2 fully saturated rings. The average molecular weight is 166 g/mol. The Morgan fingerprint density at radius 3 is 2.75 bits per heavy atom. The van der Waals surface area contributed by atoms with Gasteiger partial charge in [0.25, 0.3) is 0 Å². The van der Waals surface area contributed by atoms with Gasteiger partial charge < -0.3 is 0 Å². The molecule has 2 rings (SSSR count). The van der Waals surface area contributed by atoms with Gasteiger partial charge in [0.2, 0.25) is 0 Å². The van der Waals surface area contributed by atoms with Gasteiger partial charge in [-0.1, -0.05) is 19.8 Å². The van der Waals surface area contributed by atoms with E-state index in [1.165, 1.54) is 25.7 Å². The van der Waals surface area contributed by atoms with Gasteiger partial charge in [-0.15, -0.1) is 0 Å². The highest BCUT2D eigenvalue weighted by molar-refractivity contribution is 5.81. The van der Waals surface area contributed by atoms with Crippen molar-refractivity contribution in [3.05, 3.63) is 0 Å². The van der Waals surface area contributed by atoms with Gasteiger partial charge in [-0.3, -0.25) is 4.79 Å². The van der Waals surface area contributed by atoms with Crippen LogP contribution in [0.5, 0.6) is 0 Å². The molecule has 0 bridgehead atoms. The summed E-state index contributed by atoms with van der Waals surface area (Å²) in [5.41, 5.74) is 0. The zero-order chi connectivity index (χ0) is 8.55. The van der Waals surface area contributed by atoms with Crippen molar-refractivity contribution < 1.29 is 4.79 Å². The highest BCUT2D eigenvalue weighted by atomic mass is 16.1. The highest BCUT2D eigenvalue weighted by Crippen LogP contribution is 2.39. The third kappa shape index (κ3) is 1.88. The van der Waals surface area contributed by atoms with Crippen LogP contribution in [0, 0.1) is 17.8 Å². The Labute approximate surface area is 74.5 Å². The predicted molar refractivity (Wildman–Crippen MR) is 48.9 cm³/mol. The lowest BCUT2D eigenvalue weighted by atomic mass is 9.79. The van der Waals surface area contributed by atoms with Crippen LogP contribution in [0.1, 0.15) is 45.4 Å². The topological polar surface area (TPSA) is 17.1 Å². The standard InChI is InChI=1S/C11H18O/c1-8-2-5-11(12)10(6-8)7-9-3-4-9/h8-10H,2-7H2,1H3. The summed E-state index contributed by atoms with van der Waals surface area (Å²) >= 11 is 0. The van der Waals surface area contributed by atoms with E-state index in [4.69, 9.17) is 0 Å². The molecule has 0 spiro atoms. The van der Waals surface area contributed by atoms with Crippen molar-refractivity contribution in [2.75, 3.05) is 0 Å². The molecule has 1 nitrogen and oxygen atoms in total. The first-order valence-electron chi connectivity index (χ1n) is 5.28. The highest BCUT2D eigenvalue weighted by Gasteiger charge is 2.32. The van der Waals surface area contributed by atoms with Gasteiger partial charge in [-0.05, 0) is 31.1 Å². The molecule has 0 aromatic rings. The van der Waals surface area contributed by atoms with Crippen molar-refractivity contribution in [2.24, 2.45) is 17.8 Å². The van der Waals surface area contributed by atoms with Crippen molar-refractivity contribution in [2.45, 2.75) is 45.4 Å². The van der Waals surface area contributed by atoms with Gasteiger partial charge >= 0.3 is 0 Å². The van der Waals surface area contributed by atoms with Crippen molar-refractivity contribution in [1.82, 2.24) is 0 Å². The predicted octanol–water partition coefficient (Wildman–Crippen LogP) is 2.79. The molecule has 2 saturated carbocycles. The molecule has 0 amide bonds. The first-order valence-corrected chi connectivity index (χ1v) is 5.28. The molecule has 2 atom stereocenters. The van der Waals surface area contributed by atoms with Gasteiger partial charge in [-0.25, -0.2) is 0 Å². The van der Waals surface area contributed by atoms with Crippen LogP contribution in [0.3, 0.4) is 0 Å². The van der Waals surface area contributed by atoms with E-state index in [0.29, 0.717) is 11.7 Å². The van der Waals surface area contributed by atoms with Crippen LogP contribution in [0.2, 0.25) is 0 Å². The summed E-state index contributed by atoms with van der Waals surface area (Å²) in [7, 11) is 0. The Hall–Kier alpha value is -0.330. The van der Waals surface area contributed by atoms with E-state index in [2.05, 4.69) is 6.92 Å². The number of Topliss-reactive ketones (excluding diaryl/α,β-unsaturated/α-hetero) is 1. The van der Waals surface area contributed by atoms with Crippen molar-refractivity contribution in [1.29, 1.82) is 0 Å².